The minimum absolute atomic E-state index is 0.0278. The second-order valence-corrected chi connectivity index (χ2v) is 5.70. The number of nitrogens with zero attached hydrogens (tertiary/aromatic N) is 1. The number of carbonyl (C=O) groups excluding carboxylic acids is 1. The summed E-state index contributed by atoms with van der Waals surface area (Å²) in [5, 5.41) is 9.42. The van der Waals surface area contributed by atoms with Gasteiger partial charge in [-0.1, -0.05) is 36.4 Å². The zero-order chi connectivity index (χ0) is 15.0. The lowest BCUT2D eigenvalue weighted by molar-refractivity contribution is -0.142. The SMILES string of the molecule is NC1C=CC(C(=O)N2Cc3ccccc3C(C(=O)O)C2)C1. The molecule has 3 atom stereocenters. The van der Waals surface area contributed by atoms with E-state index in [0.717, 1.165) is 11.1 Å². The Morgan fingerprint density at radius 1 is 1.24 bits per heavy atom. The molecule has 3 N–H and O–H groups in total. The van der Waals surface area contributed by atoms with Crippen molar-refractivity contribution in [3.8, 4) is 0 Å². The van der Waals surface area contributed by atoms with Crippen LogP contribution in [0.25, 0.3) is 0 Å². The monoisotopic (exact) mass is 286 g/mol. The normalized spacial score (nSPS) is 27.5. The Balaban J connectivity index is 1.85. The molecule has 21 heavy (non-hydrogen) atoms. The molecule has 0 spiro atoms. The van der Waals surface area contributed by atoms with Crippen LogP contribution in [0.3, 0.4) is 0 Å². The third-order valence-electron chi connectivity index (χ3n) is 4.24. The van der Waals surface area contributed by atoms with Crippen molar-refractivity contribution >= 4 is 11.9 Å². The fourth-order valence-corrected chi connectivity index (χ4v) is 3.13. The molecule has 1 aliphatic heterocycles. The topological polar surface area (TPSA) is 83.6 Å². The highest BCUT2D eigenvalue weighted by Gasteiger charge is 2.35. The Labute approximate surface area is 123 Å². The summed E-state index contributed by atoms with van der Waals surface area (Å²) in [7, 11) is 0. The molecule has 1 aromatic rings. The third-order valence-corrected chi connectivity index (χ3v) is 4.24. The van der Waals surface area contributed by atoms with E-state index in [1.807, 2.05) is 36.4 Å². The Hall–Kier alpha value is -2.14. The molecular formula is C16H18N2O3. The van der Waals surface area contributed by atoms with Crippen LogP contribution in [0.15, 0.2) is 36.4 Å². The summed E-state index contributed by atoms with van der Waals surface area (Å²) in [5.41, 5.74) is 7.52. The van der Waals surface area contributed by atoms with E-state index in [2.05, 4.69) is 0 Å². The van der Waals surface area contributed by atoms with Crippen molar-refractivity contribution in [2.45, 2.75) is 24.9 Å². The fraction of sp³-hybridized carbons (Fsp3) is 0.375. The highest BCUT2D eigenvalue weighted by Crippen LogP contribution is 2.30. The lowest BCUT2D eigenvalue weighted by atomic mass is 9.89. The van der Waals surface area contributed by atoms with Gasteiger partial charge in [-0.25, -0.2) is 0 Å². The van der Waals surface area contributed by atoms with Gasteiger partial charge in [0.1, 0.15) is 0 Å². The van der Waals surface area contributed by atoms with Gasteiger partial charge in [-0.05, 0) is 17.5 Å². The summed E-state index contributed by atoms with van der Waals surface area (Å²) in [6.07, 6.45) is 4.28. The van der Waals surface area contributed by atoms with Gasteiger partial charge < -0.3 is 15.7 Å². The van der Waals surface area contributed by atoms with Crippen LogP contribution in [0.2, 0.25) is 0 Å². The predicted octanol–water partition coefficient (Wildman–Crippen LogP) is 1.10. The number of rotatable bonds is 2. The first-order chi connectivity index (χ1) is 10.1. The van der Waals surface area contributed by atoms with Crippen molar-refractivity contribution in [1.29, 1.82) is 0 Å². The molecule has 1 aromatic carbocycles. The molecule has 5 heteroatoms. The Morgan fingerprint density at radius 2 is 2.00 bits per heavy atom. The zero-order valence-electron chi connectivity index (χ0n) is 11.6. The molecular weight excluding hydrogens is 268 g/mol. The third kappa shape index (κ3) is 2.56. The number of fused-ring (bicyclic) bond motifs is 1. The highest BCUT2D eigenvalue weighted by molar-refractivity contribution is 5.84. The van der Waals surface area contributed by atoms with Crippen LogP contribution in [-0.2, 0) is 16.1 Å². The van der Waals surface area contributed by atoms with Crippen LogP contribution < -0.4 is 5.73 Å². The molecule has 1 amide bonds. The molecule has 0 aromatic heterocycles. The lowest BCUT2D eigenvalue weighted by Gasteiger charge is -2.34. The number of nitrogens with two attached hydrogens (primary N) is 1. The average molecular weight is 286 g/mol. The van der Waals surface area contributed by atoms with Crippen molar-refractivity contribution in [3.63, 3.8) is 0 Å². The van der Waals surface area contributed by atoms with E-state index < -0.39 is 11.9 Å². The number of hydrogen-bond acceptors (Lipinski definition) is 3. The molecule has 0 saturated carbocycles. The maximum absolute atomic E-state index is 12.6. The van der Waals surface area contributed by atoms with Crippen molar-refractivity contribution in [3.05, 3.63) is 47.5 Å². The smallest absolute Gasteiger partial charge is 0.312 e. The van der Waals surface area contributed by atoms with Gasteiger partial charge in [0.05, 0.1) is 11.8 Å². The molecule has 2 aliphatic rings. The zero-order valence-corrected chi connectivity index (χ0v) is 11.6. The van der Waals surface area contributed by atoms with E-state index in [1.54, 1.807) is 4.90 Å². The first kappa shape index (κ1) is 13.8. The Morgan fingerprint density at radius 3 is 2.67 bits per heavy atom. The van der Waals surface area contributed by atoms with Crippen molar-refractivity contribution in [1.82, 2.24) is 4.90 Å². The number of benzene rings is 1. The van der Waals surface area contributed by atoms with Crippen LogP contribution in [0.1, 0.15) is 23.5 Å². The molecule has 5 nitrogen and oxygen atoms in total. The average Bonchev–Trinajstić information content (AvgIpc) is 2.91. The number of carboxylic acids is 1. The van der Waals surface area contributed by atoms with Gasteiger partial charge in [0.25, 0.3) is 0 Å². The largest absolute Gasteiger partial charge is 0.481 e. The molecule has 1 heterocycles. The van der Waals surface area contributed by atoms with Crippen LogP contribution in [-0.4, -0.2) is 34.5 Å². The lowest BCUT2D eigenvalue weighted by Crippen LogP contribution is -2.43. The van der Waals surface area contributed by atoms with Gasteiger partial charge in [0, 0.05) is 19.1 Å². The number of hydrogen-bond donors (Lipinski definition) is 2. The van der Waals surface area contributed by atoms with Gasteiger partial charge in [0.2, 0.25) is 5.91 Å². The summed E-state index contributed by atoms with van der Waals surface area (Å²) >= 11 is 0. The molecule has 0 fully saturated rings. The van der Waals surface area contributed by atoms with E-state index >= 15 is 0 Å². The van der Waals surface area contributed by atoms with E-state index in [-0.39, 0.29) is 24.4 Å². The number of carbonyl (C=O) groups is 2. The van der Waals surface area contributed by atoms with E-state index in [0.29, 0.717) is 13.0 Å². The van der Waals surface area contributed by atoms with Gasteiger partial charge in [-0.3, -0.25) is 9.59 Å². The predicted molar refractivity (Wildman–Crippen MR) is 77.5 cm³/mol. The first-order valence-corrected chi connectivity index (χ1v) is 7.09. The second kappa shape index (κ2) is 5.33. The Bertz CT molecular complexity index is 611. The summed E-state index contributed by atoms with van der Waals surface area (Å²) in [6.45, 7) is 0.698. The van der Waals surface area contributed by atoms with Gasteiger partial charge in [-0.2, -0.15) is 0 Å². The summed E-state index contributed by atoms with van der Waals surface area (Å²) < 4.78 is 0. The van der Waals surface area contributed by atoms with Crippen LogP contribution in [0, 0.1) is 5.92 Å². The van der Waals surface area contributed by atoms with E-state index in [1.165, 1.54) is 0 Å². The summed E-state index contributed by atoms with van der Waals surface area (Å²) in [4.78, 5) is 25.7. The van der Waals surface area contributed by atoms with E-state index in [4.69, 9.17) is 5.73 Å². The minimum atomic E-state index is -0.890. The summed E-state index contributed by atoms with van der Waals surface area (Å²) in [6, 6.07) is 7.36. The molecule has 0 radical (unpaired) electrons. The van der Waals surface area contributed by atoms with Crippen LogP contribution in [0.5, 0.6) is 0 Å². The maximum atomic E-state index is 12.6. The Kier molecular flexibility index (Phi) is 3.51. The second-order valence-electron chi connectivity index (χ2n) is 5.70. The van der Waals surface area contributed by atoms with Crippen LogP contribution in [0.4, 0.5) is 0 Å². The fourth-order valence-electron chi connectivity index (χ4n) is 3.13. The highest BCUT2D eigenvalue weighted by atomic mass is 16.4. The van der Waals surface area contributed by atoms with Gasteiger partial charge >= 0.3 is 5.97 Å². The first-order valence-electron chi connectivity index (χ1n) is 7.09. The van der Waals surface area contributed by atoms with Gasteiger partial charge in [-0.15, -0.1) is 0 Å². The molecule has 0 saturated heterocycles. The minimum Gasteiger partial charge on any atom is -0.481 e. The maximum Gasteiger partial charge on any atom is 0.312 e. The van der Waals surface area contributed by atoms with E-state index in [9.17, 15) is 14.7 Å². The molecule has 110 valence electrons. The van der Waals surface area contributed by atoms with Crippen molar-refractivity contribution < 1.29 is 14.7 Å². The number of amides is 1. The van der Waals surface area contributed by atoms with Crippen LogP contribution >= 0.6 is 0 Å². The molecule has 1 aliphatic carbocycles. The molecule has 3 unspecified atom stereocenters. The molecule has 3 rings (SSSR count). The van der Waals surface area contributed by atoms with Crippen molar-refractivity contribution in [2.24, 2.45) is 11.7 Å². The summed E-state index contributed by atoms with van der Waals surface area (Å²) in [5.74, 6) is -1.80. The quantitative estimate of drug-likeness (QED) is 0.797. The van der Waals surface area contributed by atoms with Crippen molar-refractivity contribution in [2.75, 3.05) is 6.54 Å². The van der Waals surface area contributed by atoms with Gasteiger partial charge in [0.15, 0.2) is 0 Å². The molecule has 0 bridgehead atoms. The number of aliphatic carboxylic acids is 1. The number of carboxylic acid groups (broad SMARTS) is 1. The standard InChI is InChI=1S/C16H18N2O3/c17-12-6-5-10(7-12)15(19)18-8-11-3-1-2-4-13(11)14(9-18)16(20)21/h1-6,10,12,14H,7-9,17H2,(H,20,21).